The first-order chi connectivity index (χ1) is 6.58. The normalized spacial score (nSPS) is 27.6. The molecule has 1 aliphatic rings. The third-order valence-electron chi connectivity index (χ3n) is 2.65. The van der Waals surface area contributed by atoms with Gasteiger partial charge in [0, 0.05) is 10.9 Å². The highest BCUT2D eigenvalue weighted by Crippen LogP contribution is 2.31. The SMILES string of the molecule is NC(c1cccs1)C1CCS(=O)(=O)C1. The van der Waals surface area contributed by atoms with Gasteiger partial charge in [0.25, 0.3) is 0 Å². The maximum Gasteiger partial charge on any atom is 0.150 e. The minimum Gasteiger partial charge on any atom is -0.323 e. The molecule has 3 nitrogen and oxygen atoms in total. The zero-order valence-corrected chi connectivity index (χ0v) is 9.35. The van der Waals surface area contributed by atoms with Gasteiger partial charge >= 0.3 is 0 Å². The molecular weight excluding hydrogens is 218 g/mol. The Kier molecular flexibility index (Phi) is 2.64. The molecule has 1 aliphatic heterocycles. The average Bonchev–Trinajstić information content (AvgIpc) is 2.72. The summed E-state index contributed by atoms with van der Waals surface area (Å²) in [5, 5.41) is 1.97. The van der Waals surface area contributed by atoms with Crippen LogP contribution in [0.5, 0.6) is 0 Å². The number of nitrogens with two attached hydrogens (primary N) is 1. The molecule has 1 saturated heterocycles. The summed E-state index contributed by atoms with van der Waals surface area (Å²) in [5.74, 6) is 0.668. The van der Waals surface area contributed by atoms with Crippen LogP contribution >= 0.6 is 11.3 Å². The maximum absolute atomic E-state index is 11.3. The highest BCUT2D eigenvalue weighted by molar-refractivity contribution is 7.91. The van der Waals surface area contributed by atoms with E-state index in [2.05, 4.69) is 0 Å². The molecule has 2 rings (SSSR count). The zero-order valence-electron chi connectivity index (χ0n) is 7.72. The van der Waals surface area contributed by atoms with Crippen molar-refractivity contribution < 1.29 is 8.42 Å². The van der Waals surface area contributed by atoms with Crippen molar-refractivity contribution in [1.82, 2.24) is 0 Å². The predicted molar refractivity (Wildman–Crippen MR) is 58.0 cm³/mol. The van der Waals surface area contributed by atoms with E-state index in [-0.39, 0.29) is 17.7 Å². The fourth-order valence-corrected chi connectivity index (χ4v) is 4.50. The van der Waals surface area contributed by atoms with E-state index >= 15 is 0 Å². The second-order valence-corrected chi connectivity index (χ2v) is 6.91. The lowest BCUT2D eigenvalue weighted by Crippen LogP contribution is -2.21. The first kappa shape index (κ1) is 10.1. The van der Waals surface area contributed by atoms with Crippen molar-refractivity contribution in [2.45, 2.75) is 12.5 Å². The summed E-state index contributed by atoms with van der Waals surface area (Å²) in [7, 11) is -2.81. The van der Waals surface area contributed by atoms with Gasteiger partial charge in [-0.15, -0.1) is 11.3 Å². The number of hydrogen-bond donors (Lipinski definition) is 1. The molecule has 0 spiro atoms. The summed E-state index contributed by atoms with van der Waals surface area (Å²) in [6, 6.07) is 3.82. The summed E-state index contributed by atoms with van der Waals surface area (Å²) >= 11 is 1.60. The topological polar surface area (TPSA) is 60.2 Å². The minimum absolute atomic E-state index is 0.104. The van der Waals surface area contributed by atoms with Gasteiger partial charge in [-0.25, -0.2) is 8.42 Å². The second-order valence-electron chi connectivity index (χ2n) is 3.70. The summed E-state index contributed by atoms with van der Waals surface area (Å²) in [5.41, 5.74) is 6.01. The van der Waals surface area contributed by atoms with E-state index in [1.165, 1.54) is 0 Å². The molecule has 0 amide bonds. The standard InChI is InChI=1S/C9H13NO2S2/c10-9(8-2-1-4-13-8)7-3-5-14(11,12)6-7/h1-2,4,7,9H,3,5-6,10H2. The van der Waals surface area contributed by atoms with Crippen molar-refractivity contribution >= 4 is 21.2 Å². The third kappa shape index (κ3) is 1.99. The molecule has 0 radical (unpaired) electrons. The lowest BCUT2D eigenvalue weighted by molar-refractivity contribution is 0.486. The zero-order chi connectivity index (χ0) is 10.2. The summed E-state index contributed by atoms with van der Waals surface area (Å²) in [6.45, 7) is 0. The number of thiophene rings is 1. The van der Waals surface area contributed by atoms with Crippen LogP contribution in [0, 0.1) is 5.92 Å². The molecule has 0 saturated carbocycles. The van der Waals surface area contributed by atoms with E-state index in [0.29, 0.717) is 12.2 Å². The highest BCUT2D eigenvalue weighted by Gasteiger charge is 2.32. The first-order valence-corrected chi connectivity index (χ1v) is 7.28. The fourth-order valence-electron chi connectivity index (χ4n) is 1.82. The fraction of sp³-hybridized carbons (Fsp3) is 0.556. The van der Waals surface area contributed by atoms with Crippen molar-refractivity contribution in [2.24, 2.45) is 11.7 Å². The van der Waals surface area contributed by atoms with Crippen molar-refractivity contribution in [2.75, 3.05) is 11.5 Å². The van der Waals surface area contributed by atoms with Gasteiger partial charge in [0.1, 0.15) is 0 Å². The van der Waals surface area contributed by atoms with Crippen LogP contribution in [0.15, 0.2) is 17.5 Å². The van der Waals surface area contributed by atoms with Crippen LogP contribution in [-0.4, -0.2) is 19.9 Å². The van der Waals surface area contributed by atoms with Gasteiger partial charge in [-0.3, -0.25) is 0 Å². The van der Waals surface area contributed by atoms with Gasteiger partial charge in [-0.1, -0.05) is 6.07 Å². The Balaban J connectivity index is 2.11. The molecule has 5 heteroatoms. The van der Waals surface area contributed by atoms with Crippen LogP contribution < -0.4 is 5.73 Å². The molecule has 0 aliphatic carbocycles. The molecular formula is C9H13NO2S2. The van der Waals surface area contributed by atoms with Crippen LogP contribution in [0.2, 0.25) is 0 Å². The van der Waals surface area contributed by atoms with Crippen LogP contribution in [0.1, 0.15) is 17.3 Å². The van der Waals surface area contributed by atoms with Crippen LogP contribution in [0.25, 0.3) is 0 Å². The molecule has 78 valence electrons. The van der Waals surface area contributed by atoms with Gasteiger partial charge in [0.15, 0.2) is 9.84 Å². The van der Waals surface area contributed by atoms with Gasteiger partial charge in [-0.05, 0) is 23.8 Å². The lowest BCUT2D eigenvalue weighted by atomic mass is 9.99. The quantitative estimate of drug-likeness (QED) is 0.831. The van der Waals surface area contributed by atoms with Crippen LogP contribution in [-0.2, 0) is 9.84 Å². The Labute approximate surface area is 87.9 Å². The highest BCUT2D eigenvalue weighted by atomic mass is 32.2. The molecule has 2 heterocycles. The van der Waals surface area contributed by atoms with Gasteiger partial charge in [0.05, 0.1) is 11.5 Å². The number of hydrogen-bond acceptors (Lipinski definition) is 4. The summed E-state index contributed by atoms with van der Waals surface area (Å²) in [6.07, 6.45) is 0.710. The van der Waals surface area contributed by atoms with E-state index in [4.69, 9.17) is 5.73 Å². The van der Waals surface area contributed by atoms with Gasteiger partial charge in [-0.2, -0.15) is 0 Å². The van der Waals surface area contributed by atoms with E-state index < -0.39 is 9.84 Å². The summed E-state index contributed by atoms with van der Waals surface area (Å²) in [4.78, 5) is 1.09. The molecule has 14 heavy (non-hydrogen) atoms. The molecule has 1 aromatic heterocycles. The van der Waals surface area contributed by atoms with E-state index in [0.717, 1.165) is 4.88 Å². The third-order valence-corrected chi connectivity index (χ3v) is 5.41. The Hall–Kier alpha value is -0.390. The van der Waals surface area contributed by atoms with Crippen molar-refractivity contribution in [3.63, 3.8) is 0 Å². The van der Waals surface area contributed by atoms with Crippen molar-refractivity contribution in [3.8, 4) is 0 Å². The summed E-state index contributed by atoms with van der Waals surface area (Å²) < 4.78 is 22.5. The first-order valence-electron chi connectivity index (χ1n) is 4.58. The Morgan fingerprint density at radius 1 is 1.57 bits per heavy atom. The van der Waals surface area contributed by atoms with Crippen molar-refractivity contribution in [3.05, 3.63) is 22.4 Å². The Bertz CT molecular complexity index is 396. The number of sulfone groups is 1. The molecule has 0 aromatic carbocycles. The Morgan fingerprint density at radius 2 is 2.36 bits per heavy atom. The predicted octanol–water partition coefficient (Wildman–Crippen LogP) is 1.18. The van der Waals surface area contributed by atoms with Crippen molar-refractivity contribution in [1.29, 1.82) is 0 Å². The molecule has 1 aromatic rings. The molecule has 2 atom stereocenters. The molecule has 0 bridgehead atoms. The Morgan fingerprint density at radius 3 is 2.86 bits per heavy atom. The maximum atomic E-state index is 11.3. The largest absolute Gasteiger partial charge is 0.323 e. The smallest absolute Gasteiger partial charge is 0.150 e. The number of rotatable bonds is 2. The average molecular weight is 231 g/mol. The van der Waals surface area contributed by atoms with E-state index in [9.17, 15) is 8.42 Å². The van der Waals surface area contributed by atoms with E-state index in [1.807, 2.05) is 17.5 Å². The monoisotopic (exact) mass is 231 g/mol. The molecule has 2 unspecified atom stereocenters. The molecule has 2 N–H and O–H groups in total. The van der Waals surface area contributed by atoms with Crippen LogP contribution in [0.4, 0.5) is 0 Å². The van der Waals surface area contributed by atoms with Crippen LogP contribution in [0.3, 0.4) is 0 Å². The van der Waals surface area contributed by atoms with Gasteiger partial charge < -0.3 is 5.73 Å². The van der Waals surface area contributed by atoms with Gasteiger partial charge in [0.2, 0.25) is 0 Å². The second kappa shape index (κ2) is 3.64. The molecule has 1 fully saturated rings. The minimum atomic E-state index is -2.81. The lowest BCUT2D eigenvalue weighted by Gasteiger charge is -2.15. The van der Waals surface area contributed by atoms with E-state index in [1.54, 1.807) is 11.3 Å².